The zero-order chi connectivity index (χ0) is 16.9. The van der Waals surface area contributed by atoms with Crippen molar-refractivity contribution in [1.29, 1.82) is 0 Å². The Bertz CT molecular complexity index is 673. The van der Waals surface area contributed by atoms with Crippen molar-refractivity contribution in [2.75, 3.05) is 0 Å². The molecule has 2 heteroatoms. The average Bonchev–Trinajstić information content (AvgIpc) is 2.52. The van der Waals surface area contributed by atoms with E-state index in [0.717, 1.165) is 11.1 Å². The molecule has 23 heavy (non-hydrogen) atoms. The zero-order valence-electron chi connectivity index (χ0n) is 14.8. The van der Waals surface area contributed by atoms with Gasteiger partial charge < -0.3 is 4.43 Å². The molecule has 0 aliphatic heterocycles. The summed E-state index contributed by atoms with van der Waals surface area (Å²) in [4.78, 5) is 0. The third-order valence-electron chi connectivity index (χ3n) is 4.44. The van der Waals surface area contributed by atoms with Gasteiger partial charge in [-0.1, -0.05) is 81.1 Å². The fourth-order valence-corrected chi connectivity index (χ4v) is 3.09. The molecule has 0 saturated carbocycles. The minimum Gasteiger partial charge on any atom is -0.399 e. The lowest BCUT2D eigenvalue weighted by Crippen LogP contribution is -2.41. The van der Waals surface area contributed by atoms with Gasteiger partial charge in [0.25, 0.3) is 0 Å². The molecule has 2 aromatic rings. The largest absolute Gasteiger partial charge is 0.399 e. The van der Waals surface area contributed by atoms with Crippen LogP contribution in [0.5, 0.6) is 0 Å². The molecule has 0 bridgehead atoms. The average molecular weight is 323 g/mol. The first-order valence-electron chi connectivity index (χ1n) is 8.09. The van der Waals surface area contributed by atoms with Gasteiger partial charge in [-0.3, -0.25) is 0 Å². The van der Waals surface area contributed by atoms with Gasteiger partial charge in [0.15, 0.2) is 8.32 Å². The summed E-state index contributed by atoms with van der Waals surface area (Å²) in [5, 5.41) is 0.161. The van der Waals surface area contributed by atoms with E-state index in [4.69, 9.17) is 4.43 Å². The molecule has 0 fully saturated rings. The van der Waals surface area contributed by atoms with Crippen molar-refractivity contribution in [3.63, 3.8) is 0 Å². The van der Waals surface area contributed by atoms with E-state index < -0.39 is 8.32 Å². The van der Waals surface area contributed by atoms with Crippen LogP contribution >= 0.6 is 0 Å². The standard InChI is InChI=1S/C21H26OSi/c1-21(2,3)23(4,5)22-20(19-14-10-7-11-15-19)17-16-18-12-8-6-9-13-18/h6-15,20H,1-5H3. The van der Waals surface area contributed by atoms with Crippen LogP contribution in [0.15, 0.2) is 60.7 Å². The fraction of sp³-hybridized carbons (Fsp3) is 0.333. The van der Waals surface area contributed by atoms with Gasteiger partial charge in [0, 0.05) is 5.56 Å². The van der Waals surface area contributed by atoms with E-state index >= 15 is 0 Å². The highest BCUT2D eigenvalue weighted by atomic mass is 28.4. The summed E-state index contributed by atoms with van der Waals surface area (Å²) in [6, 6.07) is 20.4. The third-order valence-corrected chi connectivity index (χ3v) is 8.88. The maximum atomic E-state index is 6.58. The predicted octanol–water partition coefficient (Wildman–Crippen LogP) is 5.80. The highest BCUT2D eigenvalue weighted by Gasteiger charge is 2.39. The first kappa shape index (κ1) is 17.5. The quantitative estimate of drug-likeness (QED) is 0.512. The predicted molar refractivity (Wildman–Crippen MR) is 101 cm³/mol. The minimum absolute atomic E-state index is 0.161. The number of hydrogen-bond acceptors (Lipinski definition) is 1. The van der Waals surface area contributed by atoms with Crippen LogP contribution < -0.4 is 0 Å². The Balaban J connectivity index is 2.33. The van der Waals surface area contributed by atoms with Crippen LogP contribution in [0.2, 0.25) is 18.1 Å². The summed E-state index contributed by atoms with van der Waals surface area (Å²) in [5.41, 5.74) is 2.15. The zero-order valence-corrected chi connectivity index (χ0v) is 15.8. The van der Waals surface area contributed by atoms with Gasteiger partial charge in [-0.15, -0.1) is 0 Å². The molecule has 2 aromatic carbocycles. The van der Waals surface area contributed by atoms with E-state index in [1.54, 1.807) is 0 Å². The van der Waals surface area contributed by atoms with Crippen molar-refractivity contribution >= 4 is 8.32 Å². The Labute approximate surface area is 141 Å². The Morgan fingerprint density at radius 2 is 1.39 bits per heavy atom. The summed E-state index contributed by atoms with van der Waals surface area (Å²) in [6.07, 6.45) is -0.183. The Hall–Kier alpha value is -1.82. The van der Waals surface area contributed by atoms with Crippen LogP contribution in [0.4, 0.5) is 0 Å². The van der Waals surface area contributed by atoms with Crippen molar-refractivity contribution in [3.05, 3.63) is 71.8 Å². The van der Waals surface area contributed by atoms with Gasteiger partial charge in [-0.05, 0) is 35.8 Å². The number of benzene rings is 2. The Morgan fingerprint density at radius 1 is 0.870 bits per heavy atom. The summed E-state index contributed by atoms with van der Waals surface area (Å²) < 4.78 is 6.58. The molecule has 1 atom stereocenters. The monoisotopic (exact) mass is 322 g/mol. The highest BCUT2D eigenvalue weighted by molar-refractivity contribution is 6.74. The van der Waals surface area contributed by atoms with Crippen molar-refractivity contribution in [1.82, 2.24) is 0 Å². The van der Waals surface area contributed by atoms with Gasteiger partial charge in [0.2, 0.25) is 0 Å². The second-order valence-electron chi connectivity index (χ2n) is 7.30. The summed E-state index contributed by atoms with van der Waals surface area (Å²) in [7, 11) is -1.89. The molecule has 120 valence electrons. The lowest BCUT2D eigenvalue weighted by atomic mass is 10.1. The number of hydrogen-bond donors (Lipinski definition) is 0. The van der Waals surface area contributed by atoms with Gasteiger partial charge in [-0.2, -0.15) is 0 Å². The first-order chi connectivity index (χ1) is 10.8. The molecule has 2 rings (SSSR count). The van der Waals surface area contributed by atoms with E-state index in [2.05, 4.69) is 57.8 Å². The molecule has 0 amide bonds. The smallest absolute Gasteiger partial charge is 0.194 e. The molecule has 0 aliphatic rings. The van der Waals surface area contributed by atoms with Gasteiger partial charge in [0.05, 0.1) is 0 Å². The van der Waals surface area contributed by atoms with Crippen LogP contribution in [0.3, 0.4) is 0 Å². The van der Waals surface area contributed by atoms with Crippen LogP contribution in [0.25, 0.3) is 0 Å². The second-order valence-corrected chi connectivity index (χ2v) is 12.1. The van der Waals surface area contributed by atoms with Crippen molar-refractivity contribution < 1.29 is 4.43 Å². The molecule has 0 aromatic heterocycles. The van der Waals surface area contributed by atoms with E-state index in [1.165, 1.54) is 0 Å². The first-order valence-corrected chi connectivity index (χ1v) is 11.0. The second kappa shape index (κ2) is 7.17. The van der Waals surface area contributed by atoms with Crippen LogP contribution in [-0.4, -0.2) is 8.32 Å². The maximum Gasteiger partial charge on any atom is 0.194 e. The molecular weight excluding hydrogens is 296 g/mol. The molecule has 0 heterocycles. The van der Waals surface area contributed by atoms with E-state index in [1.807, 2.05) is 48.5 Å². The van der Waals surface area contributed by atoms with Gasteiger partial charge in [0.1, 0.15) is 6.10 Å². The highest BCUT2D eigenvalue weighted by Crippen LogP contribution is 2.39. The third kappa shape index (κ3) is 4.82. The molecule has 0 spiro atoms. The van der Waals surface area contributed by atoms with Gasteiger partial charge >= 0.3 is 0 Å². The molecule has 1 nitrogen and oxygen atoms in total. The molecule has 0 N–H and O–H groups in total. The normalized spacial score (nSPS) is 13.1. The molecule has 0 radical (unpaired) electrons. The fourth-order valence-electron chi connectivity index (χ4n) is 1.95. The number of rotatable bonds is 3. The minimum atomic E-state index is -1.89. The maximum absolute atomic E-state index is 6.58. The van der Waals surface area contributed by atoms with E-state index in [-0.39, 0.29) is 11.1 Å². The molecule has 0 saturated heterocycles. The topological polar surface area (TPSA) is 9.23 Å². The summed E-state index contributed by atoms with van der Waals surface area (Å²) in [5.74, 6) is 6.61. The molecular formula is C21H26OSi. The van der Waals surface area contributed by atoms with Crippen molar-refractivity contribution in [2.24, 2.45) is 0 Å². The Morgan fingerprint density at radius 3 is 1.91 bits per heavy atom. The SMILES string of the molecule is CC(C)(C)[Si](C)(C)OC(C#Cc1ccccc1)c1ccccc1. The molecule has 0 aliphatic carbocycles. The summed E-state index contributed by atoms with van der Waals surface area (Å²) in [6.45, 7) is 11.3. The lowest BCUT2D eigenvalue weighted by molar-refractivity contribution is 0.238. The van der Waals surface area contributed by atoms with Crippen LogP contribution in [-0.2, 0) is 4.43 Å². The van der Waals surface area contributed by atoms with Crippen molar-refractivity contribution in [3.8, 4) is 11.8 Å². The van der Waals surface area contributed by atoms with Crippen LogP contribution in [0.1, 0.15) is 38.0 Å². The summed E-state index contributed by atoms with van der Waals surface area (Å²) >= 11 is 0. The van der Waals surface area contributed by atoms with Gasteiger partial charge in [-0.25, -0.2) is 0 Å². The Kier molecular flexibility index (Phi) is 5.46. The van der Waals surface area contributed by atoms with E-state index in [0.29, 0.717) is 0 Å². The van der Waals surface area contributed by atoms with Crippen molar-refractivity contribution in [2.45, 2.75) is 45.0 Å². The lowest BCUT2D eigenvalue weighted by Gasteiger charge is -2.38. The van der Waals surface area contributed by atoms with Crippen LogP contribution in [0, 0.1) is 11.8 Å². The molecule has 1 unspecified atom stereocenters. The van der Waals surface area contributed by atoms with E-state index in [9.17, 15) is 0 Å².